The molecule has 1 aliphatic rings. The van der Waals surface area contributed by atoms with E-state index in [9.17, 15) is 14.4 Å². The summed E-state index contributed by atoms with van der Waals surface area (Å²) >= 11 is 0. The van der Waals surface area contributed by atoms with E-state index in [4.69, 9.17) is 0 Å². The molecule has 1 heterocycles. The molecule has 0 radical (unpaired) electrons. The Kier molecular flexibility index (Phi) is 5.30. The van der Waals surface area contributed by atoms with Gasteiger partial charge in [0.2, 0.25) is 0 Å². The Balaban J connectivity index is 1.68. The summed E-state index contributed by atoms with van der Waals surface area (Å²) in [5.74, 6) is -0.188. The van der Waals surface area contributed by atoms with Crippen LogP contribution in [0, 0.1) is 6.92 Å². The molecule has 0 saturated carbocycles. The Bertz CT molecular complexity index is 881. The number of H-pyrrole nitrogens is 1. The number of rotatable bonds is 4. The van der Waals surface area contributed by atoms with E-state index in [0.717, 1.165) is 18.5 Å². The van der Waals surface area contributed by atoms with E-state index in [0.29, 0.717) is 34.6 Å². The number of ketones is 1. The number of Topliss-reactive ketones (excluding diaryl/α,β-unsaturated/α-hetero) is 1. The van der Waals surface area contributed by atoms with Crippen LogP contribution in [-0.4, -0.2) is 28.7 Å². The Labute approximate surface area is 157 Å². The van der Waals surface area contributed by atoms with Crippen LogP contribution in [0.2, 0.25) is 0 Å². The molecule has 0 bridgehead atoms. The molecule has 4 N–H and O–H groups in total. The van der Waals surface area contributed by atoms with E-state index in [1.165, 1.54) is 0 Å². The average Bonchev–Trinajstić information content (AvgIpc) is 2.94. The Morgan fingerprint density at radius 2 is 1.67 bits per heavy atom. The van der Waals surface area contributed by atoms with Crippen molar-refractivity contribution in [2.45, 2.75) is 46.1 Å². The van der Waals surface area contributed by atoms with Gasteiger partial charge in [0.05, 0.1) is 0 Å². The van der Waals surface area contributed by atoms with Gasteiger partial charge in [-0.25, -0.2) is 4.79 Å². The van der Waals surface area contributed by atoms with E-state index in [-0.39, 0.29) is 23.8 Å². The molecule has 7 heteroatoms. The van der Waals surface area contributed by atoms with Crippen LogP contribution in [0.15, 0.2) is 24.3 Å². The zero-order chi connectivity index (χ0) is 19.6. The van der Waals surface area contributed by atoms with E-state index >= 15 is 0 Å². The summed E-state index contributed by atoms with van der Waals surface area (Å²) in [4.78, 5) is 39.5. The van der Waals surface area contributed by atoms with Crippen LogP contribution >= 0.6 is 0 Å². The van der Waals surface area contributed by atoms with Gasteiger partial charge in [0.25, 0.3) is 5.91 Å². The van der Waals surface area contributed by atoms with Crippen LogP contribution in [0.1, 0.15) is 58.8 Å². The molecule has 1 aromatic heterocycles. The number of amides is 3. The topological polar surface area (TPSA) is 103 Å². The van der Waals surface area contributed by atoms with Gasteiger partial charge in [-0.05, 0) is 63.4 Å². The quantitative estimate of drug-likeness (QED) is 0.662. The predicted molar refractivity (Wildman–Crippen MR) is 104 cm³/mol. The second kappa shape index (κ2) is 7.65. The molecule has 27 heavy (non-hydrogen) atoms. The molecular weight excluding hydrogens is 344 g/mol. The predicted octanol–water partition coefficient (Wildman–Crippen LogP) is 3.62. The number of carbonyl (C=O) groups excluding carboxylic acids is 3. The van der Waals surface area contributed by atoms with Gasteiger partial charge in [-0.2, -0.15) is 0 Å². The van der Waals surface area contributed by atoms with Crippen LogP contribution in [0.4, 0.5) is 16.2 Å². The highest BCUT2D eigenvalue weighted by Crippen LogP contribution is 2.27. The van der Waals surface area contributed by atoms with Crippen molar-refractivity contribution in [3.63, 3.8) is 0 Å². The fraction of sp³-hybridized carbons (Fsp3) is 0.350. The molecule has 0 aliphatic heterocycles. The number of carbonyl (C=O) groups is 3. The summed E-state index contributed by atoms with van der Waals surface area (Å²) in [6.45, 7) is 5.56. The molecule has 0 fully saturated rings. The van der Waals surface area contributed by atoms with Gasteiger partial charge in [0, 0.05) is 35.1 Å². The highest BCUT2D eigenvalue weighted by atomic mass is 16.2. The minimum atomic E-state index is -0.284. The largest absolute Gasteiger partial charge is 0.354 e. The maximum Gasteiger partial charge on any atom is 0.319 e. The first kappa shape index (κ1) is 18.7. The van der Waals surface area contributed by atoms with Crippen molar-refractivity contribution in [1.82, 2.24) is 10.3 Å². The lowest BCUT2D eigenvalue weighted by molar-refractivity contribution is 0.0971. The Hall–Kier alpha value is -3.09. The monoisotopic (exact) mass is 368 g/mol. The molecule has 0 saturated heterocycles. The van der Waals surface area contributed by atoms with Gasteiger partial charge in [-0.15, -0.1) is 0 Å². The SMILES string of the molecule is Cc1c(C(=O)Nc2ccc(NC(=O)NC(C)C)cc2)[nH]c2c1C(=O)CCC2. The molecular formula is C20H24N4O3. The molecule has 1 aromatic carbocycles. The minimum absolute atomic E-state index is 0.0466. The summed E-state index contributed by atoms with van der Waals surface area (Å²) in [6, 6.07) is 6.62. The smallest absolute Gasteiger partial charge is 0.319 e. The van der Waals surface area contributed by atoms with Crippen LogP contribution in [0.3, 0.4) is 0 Å². The highest BCUT2D eigenvalue weighted by Gasteiger charge is 2.26. The van der Waals surface area contributed by atoms with Gasteiger partial charge in [0.15, 0.2) is 5.78 Å². The molecule has 3 rings (SSSR count). The third kappa shape index (κ3) is 4.19. The number of hydrogen-bond donors (Lipinski definition) is 4. The summed E-state index contributed by atoms with van der Waals surface area (Å²) < 4.78 is 0. The number of anilines is 2. The first-order valence-electron chi connectivity index (χ1n) is 9.08. The second-order valence-corrected chi connectivity index (χ2v) is 7.04. The van der Waals surface area contributed by atoms with Gasteiger partial charge in [0.1, 0.15) is 5.69 Å². The number of urea groups is 1. The maximum absolute atomic E-state index is 12.6. The molecule has 2 aromatic rings. The number of benzene rings is 1. The van der Waals surface area contributed by atoms with E-state index < -0.39 is 0 Å². The van der Waals surface area contributed by atoms with E-state index in [1.54, 1.807) is 31.2 Å². The Morgan fingerprint density at radius 3 is 2.26 bits per heavy atom. The van der Waals surface area contributed by atoms with Crippen LogP contribution in [0.5, 0.6) is 0 Å². The lowest BCUT2D eigenvalue weighted by Crippen LogP contribution is -2.34. The first-order chi connectivity index (χ1) is 12.8. The third-order valence-corrected chi connectivity index (χ3v) is 4.48. The van der Waals surface area contributed by atoms with Crippen LogP contribution < -0.4 is 16.0 Å². The molecule has 0 spiro atoms. The second-order valence-electron chi connectivity index (χ2n) is 7.04. The molecule has 0 atom stereocenters. The molecule has 3 amide bonds. The molecule has 1 aliphatic carbocycles. The van der Waals surface area contributed by atoms with Crippen molar-refractivity contribution in [1.29, 1.82) is 0 Å². The minimum Gasteiger partial charge on any atom is -0.354 e. The molecule has 7 nitrogen and oxygen atoms in total. The van der Waals surface area contributed by atoms with Crippen LogP contribution in [-0.2, 0) is 6.42 Å². The van der Waals surface area contributed by atoms with Crippen molar-refractivity contribution < 1.29 is 14.4 Å². The van der Waals surface area contributed by atoms with Crippen molar-refractivity contribution in [3.05, 3.63) is 46.8 Å². The number of hydrogen-bond acceptors (Lipinski definition) is 3. The summed E-state index contributed by atoms with van der Waals surface area (Å²) in [6.07, 6.45) is 2.13. The van der Waals surface area contributed by atoms with Crippen molar-refractivity contribution in [2.24, 2.45) is 0 Å². The fourth-order valence-corrected chi connectivity index (χ4v) is 3.26. The average molecular weight is 368 g/mol. The molecule has 0 unspecified atom stereocenters. The maximum atomic E-state index is 12.6. The van der Waals surface area contributed by atoms with Crippen molar-refractivity contribution >= 4 is 29.1 Å². The zero-order valence-electron chi connectivity index (χ0n) is 15.7. The molecule has 142 valence electrons. The lowest BCUT2D eigenvalue weighted by atomic mass is 9.94. The van der Waals surface area contributed by atoms with Crippen molar-refractivity contribution in [3.8, 4) is 0 Å². The summed E-state index contributed by atoms with van der Waals surface area (Å²) in [5.41, 5.74) is 3.88. The van der Waals surface area contributed by atoms with Gasteiger partial charge in [-0.3, -0.25) is 9.59 Å². The number of fused-ring (bicyclic) bond motifs is 1. The van der Waals surface area contributed by atoms with Gasteiger partial charge >= 0.3 is 6.03 Å². The Morgan fingerprint density at radius 1 is 1.04 bits per heavy atom. The number of aryl methyl sites for hydroxylation is 1. The van der Waals surface area contributed by atoms with Gasteiger partial charge < -0.3 is 20.9 Å². The van der Waals surface area contributed by atoms with E-state index in [2.05, 4.69) is 20.9 Å². The number of aromatic amines is 1. The first-order valence-corrected chi connectivity index (χ1v) is 9.08. The standard InChI is InChI=1S/C20H24N4O3/c1-11(2)21-20(27)23-14-9-7-13(8-10-14)22-19(26)18-12(3)17-15(24-18)5-4-6-16(17)25/h7-11,24H,4-6H2,1-3H3,(H,22,26)(H2,21,23,27). The third-order valence-electron chi connectivity index (χ3n) is 4.48. The normalized spacial score (nSPS) is 13.3. The summed E-state index contributed by atoms with van der Waals surface area (Å²) in [5, 5.41) is 8.29. The van der Waals surface area contributed by atoms with Gasteiger partial charge in [-0.1, -0.05) is 0 Å². The zero-order valence-corrected chi connectivity index (χ0v) is 15.7. The fourth-order valence-electron chi connectivity index (χ4n) is 3.26. The number of aromatic nitrogens is 1. The number of nitrogens with one attached hydrogen (secondary N) is 4. The highest BCUT2D eigenvalue weighted by molar-refractivity contribution is 6.08. The van der Waals surface area contributed by atoms with Crippen LogP contribution in [0.25, 0.3) is 0 Å². The summed E-state index contributed by atoms with van der Waals surface area (Å²) in [7, 11) is 0. The van der Waals surface area contributed by atoms with Crippen molar-refractivity contribution in [2.75, 3.05) is 10.6 Å². The van der Waals surface area contributed by atoms with E-state index in [1.807, 2.05) is 13.8 Å². The lowest BCUT2D eigenvalue weighted by Gasteiger charge is -2.11.